The molecular formula is C14H14Cl2N2O. The SMILES string of the molecule is O=C(NC1CCc2c([nH]c3ccccc23)C1)C(Cl)Cl. The van der Waals surface area contributed by atoms with Crippen LogP contribution < -0.4 is 5.32 Å². The molecule has 1 amide bonds. The number of hydrogen-bond acceptors (Lipinski definition) is 1. The molecule has 0 aliphatic heterocycles. The molecule has 0 bridgehead atoms. The molecule has 1 heterocycles. The van der Waals surface area contributed by atoms with Gasteiger partial charge in [-0.05, 0) is 24.5 Å². The molecule has 1 aliphatic carbocycles. The first kappa shape index (κ1) is 12.8. The molecule has 0 saturated heterocycles. The lowest BCUT2D eigenvalue weighted by Gasteiger charge is -2.23. The lowest BCUT2D eigenvalue weighted by molar-refractivity contribution is -0.120. The molecule has 0 spiro atoms. The van der Waals surface area contributed by atoms with Crippen molar-refractivity contribution in [3.8, 4) is 0 Å². The fourth-order valence-electron chi connectivity index (χ4n) is 2.77. The summed E-state index contributed by atoms with van der Waals surface area (Å²) in [7, 11) is 0. The minimum atomic E-state index is -0.996. The number of aromatic amines is 1. The standard InChI is InChI=1S/C14H14Cl2N2O/c15-13(16)14(19)17-8-5-6-10-9-3-1-2-4-11(9)18-12(10)7-8/h1-4,8,13,18H,5-7H2,(H,17,19). The molecule has 3 rings (SSSR count). The molecule has 0 radical (unpaired) electrons. The summed E-state index contributed by atoms with van der Waals surface area (Å²) in [5.41, 5.74) is 3.74. The van der Waals surface area contributed by atoms with Crippen LogP contribution in [0.2, 0.25) is 0 Å². The van der Waals surface area contributed by atoms with Crippen molar-refractivity contribution in [3.63, 3.8) is 0 Å². The summed E-state index contributed by atoms with van der Waals surface area (Å²) in [5.74, 6) is -0.312. The number of fused-ring (bicyclic) bond motifs is 3. The summed E-state index contributed by atoms with van der Waals surface area (Å²) in [4.78, 5) is 13.9. The maximum atomic E-state index is 11.5. The number of aryl methyl sites for hydroxylation is 1. The molecule has 1 aliphatic rings. The van der Waals surface area contributed by atoms with Crippen LogP contribution in [0.5, 0.6) is 0 Å². The average molecular weight is 297 g/mol. The molecule has 2 N–H and O–H groups in total. The second-order valence-electron chi connectivity index (χ2n) is 4.88. The van der Waals surface area contributed by atoms with E-state index in [0.29, 0.717) is 0 Å². The molecule has 1 aromatic heterocycles. The lowest BCUT2D eigenvalue weighted by Crippen LogP contribution is -2.41. The van der Waals surface area contributed by atoms with Crippen LogP contribution in [-0.4, -0.2) is 21.8 Å². The second-order valence-corrected chi connectivity index (χ2v) is 5.97. The molecular weight excluding hydrogens is 283 g/mol. The number of nitrogens with one attached hydrogen (secondary N) is 2. The van der Waals surface area contributed by atoms with Crippen LogP contribution in [-0.2, 0) is 17.6 Å². The third-order valence-corrected chi connectivity index (χ3v) is 4.04. The van der Waals surface area contributed by atoms with Crippen LogP contribution in [0.3, 0.4) is 0 Å². The summed E-state index contributed by atoms with van der Waals surface area (Å²) in [6, 6.07) is 8.39. The molecule has 3 nitrogen and oxygen atoms in total. The molecule has 19 heavy (non-hydrogen) atoms. The first-order valence-electron chi connectivity index (χ1n) is 6.32. The highest BCUT2D eigenvalue weighted by atomic mass is 35.5. The molecule has 0 fully saturated rings. The van der Waals surface area contributed by atoms with E-state index in [1.165, 1.54) is 16.6 Å². The average Bonchev–Trinajstić information content (AvgIpc) is 2.76. The monoisotopic (exact) mass is 296 g/mol. The number of aromatic nitrogens is 1. The van der Waals surface area contributed by atoms with E-state index in [0.717, 1.165) is 24.8 Å². The van der Waals surface area contributed by atoms with Crippen molar-refractivity contribution >= 4 is 40.0 Å². The van der Waals surface area contributed by atoms with Crippen molar-refractivity contribution in [2.24, 2.45) is 0 Å². The maximum absolute atomic E-state index is 11.5. The smallest absolute Gasteiger partial charge is 0.253 e. The number of carbonyl (C=O) groups is 1. The van der Waals surface area contributed by atoms with Gasteiger partial charge in [-0.15, -0.1) is 0 Å². The van der Waals surface area contributed by atoms with Gasteiger partial charge in [0, 0.05) is 29.1 Å². The van der Waals surface area contributed by atoms with Crippen LogP contribution in [0.15, 0.2) is 24.3 Å². The topological polar surface area (TPSA) is 44.9 Å². The van der Waals surface area contributed by atoms with E-state index in [1.54, 1.807) is 0 Å². The Balaban J connectivity index is 1.82. The van der Waals surface area contributed by atoms with Crippen LogP contribution in [0.4, 0.5) is 0 Å². The van der Waals surface area contributed by atoms with Gasteiger partial charge in [-0.2, -0.15) is 0 Å². The van der Waals surface area contributed by atoms with E-state index >= 15 is 0 Å². The number of hydrogen-bond donors (Lipinski definition) is 2. The number of amides is 1. The molecule has 1 aromatic carbocycles. The Morgan fingerprint density at radius 3 is 2.95 bits per heavy atom. The minimum Gasteiger partial charge on any atom is -0.358 e. The van der Waals surface area contributed by atoms with Crippen LogP contribution >= 0.6 is 23.2 Å². The lowest BCUT2D eigenvalue weighted by atomic mass is 9.92. The Labute approximate surface area is 121 Å². The van der Waals surface area contributed by atoms with E-state index in [2.05, 4.69) is 28.5 Å². The number of H-pyrrole nitrogens is 1. The highest BCUT2D eigenvalue weighted by Crippen LogP contribution is 2.29. The van der Waals surface area contributed by atoms with E-state index in [4.69, 9.17) is 23.2 Å². The third kappa shape index (κ3) is 2.45. The summed E-state index contributed by atoms with van der Waals surface area (Å²) in [5, 5.41) is 4.17. The Bertz CT molecular complexity index is 621. The van der Waals surface area contributed by atoms with Gasteiger partial charge in [0.25, 0.3) is 5.91 Å². The summed E-state index contributed by atoms with van der Waals surface area (Å²) < 4.78 is 0. The molecule has 1 atom stereocenters. The van der Waals surface area contributed by atoms with Crippen molar-refractivity contribution in [1.29, 1.82) is 0 Å². The van der Waals surface area contributed by atoms with Gasteiger partial charge in [0.2, 0.25) is 0 Å². The quantitative estimate of drug-likeness (QED) is 0.822. The molecule has 5 heteroatoms. The van der Waals surface area contributed by atoms with Gasteiger partial charge in [0.05, 0.1) is 0 Å². The first-order valence-corrected chi connectivity index (χ1v) is 7.19. The Kier molecular flexibility index (Phi) is 3.42. The summed E-state index contributed by atoms with van der Waals surface area (Å²) >= 11 is 11.1. The number of carbonyl (C=O) groups excluding carboxylic acids is 1. The Morgan fingerprint density at radius 2 is 2.16 bits per heavy atom. The van der Waals surface area contributed by atoms with Gasteiger partial charge in [-0.1, -0.05) is 41.4 Å². The summed E-state index contributed by atoms with van der Waals surface area (Å²) in [6.45, 7) is 0. The number of rotatable bonds is 2. The zero-order valence-electron chi connectivity index (χ0n) is 10.2. The zero-order chi connectivity index (χ0) is 13.4. The van der Waals surface area contributed by atoms with Crippen molar-refractivity contribution in [2.45, 2.75) is 30.1 Å². The highest BCUT2D eigenvalue weighted by Gasteiger charge is 2.24. The van der Waals surface area contributed by atoms with E-state index in [-0.39, 0.29) is 11.9 Å². The first-order chi connectivity index (χ1) is 9.15. The van der Waals surface area contributed by atoms with Crippen molar-refractivity contribution < 1.29 is 4.79 Å². The number of para-hydroxylation sites is 1. The highest BCUT2D eigenvalue weighted by molar-refractivity contribution is 6.53. The van der Waals surface area contributed by atoms with Gasteiger partial charge in [-0.25, -0.2) is 0 Å². The zero-order valence-corrected chi connectivity index (χ0v) is 11.8. The molecule has 1 unspecified atom stereocenters. The van der Waals surface area contributed by atoms with Crippen LogP contribution in [0, 0.1) is 0 Å². The number of alkyl halides is 2. The summed E-state index contributed by atoms with van der Waals surface area (Å²) in [6.07, 6.45) is 2.68. The molecule has 2 aromatic rings. The predicted molar refractivity (Wildman–Crippen MR) is 77.7 cm³/mol. The number of benzene rings is 1. The van der Waals surface area contributed by atoms with Crippen LogP contribution in [0.1, 0.15) is 17.7 Å². The second kappa shape index (κ2) is 5.06. The Morgan fingerprint density at radius 1 is 1.37 bits per heavy atom. The van der Waals surface area contributed by atoms with Gasteiger partial charge < -0.3 is 10.3 Å². The Hall–Kier alpha value is -1.19. The van der Waals surface area contributed by atoms with Gasteiger partial charge in [-0.3, -0.25) is 4.79 Å². The minimum absolute atomic E-state index is 0.105. The van der Waals surface area contributed by atoms with Gasteiger partial charge >= 0.3 is 0 Å². The predicted octanol–water partition coefficient (Wildman–Crippen LogP) is 2.95. The van der Waals surface area contributed by atoms with Crippen molar-refractivity contribution in [2.75, 3.05) is 0 Å². The maximum Gasteiger partial charge on any atom is 0.253 e. The normalized spacial score (nSPS) is 18.6. The van der Waals surface area contributed by atoms with Gasteiger partial charge in [0.15, 0.2) is 4.84 Å². The molecule has 0 saturated carbocycles. The van der Waals surface area contributed by atoms with Crippen LogP contribution in [0.25, 0.3) is 10.9 Å². The van der Waals surface area contributed by atoms with E-state index in [9.17, 15) is 4.79 Å². The number of halogens is 2. The van der Waals surface area contributed by atoms with E-state index < -0.39 is 4.84 Å². The van der Waals surface area contributed by atoms with Gasteiger partial charge in [0.1, 0.15) is 0 Å². The van der Waals surface area contributed by atoms with E-state index in [1.807, 2.05) is 6.07 Å². The largest absolute Gasteiger partial charge is 0.358 e. The fraction of sp³-hybridized carbons (Fsp3) is 0.357. The van der Waals surface area contributed by atoms with Crippen molar-refractivity contribution in [3.05, 3.63) is 35.5 Å². The third-order valence-electron chi connectivity index (χ3n) is 3.64. The fourth-order valence-corrected chi connectivity index (χ4v) is 2.90. The van der Waals surface area contributed by atoms with Crippen molar-refractivity contribution in [1.82, 2.24) is 10.3 Å². The molecule has 100 valence electrons.